The molecule has 0 aromatic rings. The molecule has 19 heavy (non-hydrogen) atoms. The summed E-state index contributed by atoms with van der Waals surface area (Å²) in [5, 5.41) is 18.0. The van der Waals surface area contributed by atoms with E-state index in [-0.39, 0.29) is 11.5 Å². The molecule has 2 atom stereocenters. The number of sulfone groups is 1. The van der Waals surface area contributed by atoms with Gasteiger partial charge < -0.3 is 0 Å². The van der Waals surface area contributed by atoms with Crippen LogP contribution in [-0.2, 0) is 9.84 Å². The number of nitriles is 2. The van der Waals surface area contributed by atoms with Gasteiger partial charge in [-0.25, -0.2) is 8.42 Å². The van der Waals surface area contributed by atoms with Gasteiger partial charge in [-0.05, 0) is 24.7 Å². The largest absolute Gasteiger partial charge is 0.229 e. The van der Waals surface area contributed by atoms with Crippen LogP contribution in [0.5, 0.6) is 0 Å². The zero-order chi connectivity index (χ0) is 15.1. The number of nitrogens with zero attached hydrogens (tertiary/aromatic N) is 2. The van der Waals surface area contributed by atoms with E-state index in [9.17, 15) is 8.42 Å². The van der Waals surface area contributed by atoms with Gasteiger partial charge in [0.1, 0.15) is 0 Å². The third kappa shape index (κ3) is 8.61. The van der Waals surface area contributed by atoms with E-state index >= 15 is 0 Å². The van der Waals surface area contributed by atoms with Crippen molar-refractivity contribution in [3.8, 4) is 12.1 Å². The first-order chi connectivity index (χ1) is 8.70. The summed E-state index contributed by atoms with van der Waals surface area (Å²) in [6.45, 7) is 7.86. The van der Waals surface area contributed by atoms with Crippen molar-refractivity contribution in [2.45, 2.75) is 40.5 Å². The predicted molar refractivity (Wildman–Crippen MR) is 75.8 cm³/mol. The summed E-state index contributed by atoms with van der Waals surface area (Å²) in [5.41, 5.74) is 0. The van der Waals surface area contributed by atoms with Crippen LogP contribution >= 0.6 is 0 Å². The third-order valence-corrected chi connectivity index (χ3v) is 4.61. The molecule has 0 N–H and O–H groups in total. The molecule has 0 rings (SSSR count). The Morgan fingerprint density at radius 2 is 1.16 bits per heavy atom. The molecule has 0 aliphatic heterocycles. The molecular weight excluding hydrogens is 260 g/mol. The van der Waals surface area contributed by atoms with E-state index in [4.69, 9.17) is 10.5 Å². The predicted octanol–water partition coefficient (Wildman–Crippen LogP) is 2.77. The maximum Gasteiger partial charge on any atom is 0.152 e. The Bertz CT molecular complexity index is 405. The highest BCUT2D eigenvalue weighted by molar-refractivity contribution is 7.91. The van der Waals surface area contributed by atoms with Crippen molar-refractivity contribution in [2.24, 2.45) is 23.7 Å². The van der Waals surface area contributed by atoms with Crippen LogP contribution in [-0.4, -0.2) is 19.9 Å². The van der Waals surface area contributed by atoms with Crippen LogP contribution in [0.25, 0.3) is 0 Å². The lowest BCUT2D eigenvalue weighted by Crippen LogP contribution is -2.24. The summed E-state index contributed by atoms with van der Waals surface area (Å²) in [7, 11) is -3.34. The van der Waals surface area contributed by atoms with Crippen molar-refractivity contribution in [1.82, 2.24) is 0 Å². The SMILES string of the molecule is CC(C)CC(C#N)CS(=O)(=O)CC(C#N)CC(C)C. The molecule has 5 heteroatoms. The first-order valence-corrected chi connectivity index (χ1v) is 8.52. The van der Waals surface area contributed by atoms with Crippen molar-refractivity contribution < 1.29 is 8.42 Å². The summed E-state index contributed by atoms with van der Waals surface area (Å²) in [4.78, 5) is 0. The summed E-state index contributed by atoms with van der Waals surface area (Å²) >= 11 is 0. The van der Waals surface area contributed by atoms with Gasteiger partial charge in [0.2, 0.25) is 0 Å². The Morgan fingerprint density at radius 1 is 0.842 bits per heavy atom. The summed E-state index contributed by atoms with van der Waals surface area (Å²) in [5.74, 6) is -0.605. The second-order valence-electron chi connectivity index (χ2n) is 5.99. The van der Waals surface area contributed by atoms with Gasteiger partial charge in [0.05, 0.1) is 35.5 Å². The van der Waals surface area contributed by atoms with Crippen LogP contribution in [0.1, 0.15) is 40.5 Å². The monoisotopic (exact) mass is 284 g/mol. The number of hydrogen-bond acceptors (Lipinski definition) is 4. The standard InChI is InChI=1S/C14H24N2O2S/c1-11(2)5-13(7-15)9-19(17,18)10-14(8-16)6-12(3)4/h11-14H,5-6,9-10H2,1-4H3. The number of hydrogen-bond donors (Lipinski definition) is 0. The lowest BCUT2D eigenvalue weighted by molar-refractivity contribution is 0.489. The smallest absolute Gasteiger partial charge is 0.152 e. The van der Waals surface area contributed by atoms with Gasteiger partial charge in [-0.3, -0.25) is 0 Å². The van der Waals surface area contributed by atoms with Crippen molar-refractivity contribution in [3.63, 3.8) is 0 Å². The molecule has 108 valence electrons. The molecule has 0 aromatic heterocycles. The van der Waals surface area contributed by atoms with Gasteiger partial charge >= 0.3 is 0 Å². The molecule has 0 aliphatic rings. The fourth-order valence-electron chi connectivity index (χ4n) is 2.14. The second kappa shape index (κ2) is 8.17. The van der Waals surface area contributed by atoms with Crippen LogP contribution in [0.4, 0.5) is 0 Å². The van der Waals surface area contributed by atoms with Gasteiger partial charge in [0.25, 0.3) is 0 Å². The highest BCUT2D eigenvalue weighted by Crippen LogP contribution is 2.18. The third-order valence-electron chi connectivity index (χ3n) is 2.79. The first-order valence-electron chi connectivity index (χ1n) is 6.69. The van der Waals surface area contributed by atoms with E-state index in [1.807, 2.05) is 27.7 Å². The molecular formula is C14H24N2O2S. The first kappa shape index (κ1) is 17.9. The van der Waals surface area contributed by atoms with Crippen LogP contribution in [0.2, 0.25) is 0 Å². The topological polar surface area (TPSA) is 81.7 Å². The fourth-order valence-corrected chi connectivity index (χ4v) is 3.92. The summed E-state index contributed by atoms with van der Waals surface area (Å²) in [6, 6.07) is 4.12. The highest BCUT2D eigenvalue weighted by Gasteiger charge is 2.24. The maximum atomic E-state index is 12.0. The molecule has 0 spiro atoms. The lowest BCUT2D eigenvalue weighted by atomic mass is 10.0. The van der Waals surface area contributed by atoms with Crippen molar-refractivity contribution >= 4 is 9.84 Å². The molecule has 0 bridgehead atoms. The summed E-state index contributed by atoms with van der Waals surface area (Å²) < 4.78 is 24.1. The quantitative estimate of drug-likeness (QED) is 0.686. The molecule has 0 heterocycles. The zero-order valence-corrected chi connectivity index (χ0v) is 13.1. The van der Waals surface area contributed by atoms with Crippen LogP contribution in [0.3, 0.4) is 0 Å². The van der Waals surface area contributed by atoms with Crippen molar-refractivity contribution in [3.05, 3.63) is 0 Å². The van der Waals surface area contributed by atoms with Gasteiger partial charge in [-0.1, -0.05) is 27.7 Å². The highest BCUT2D eigenvalue weighted by atomic mass is 32.2. The second-order valence-corrected chi connectivity index (χ2v) is 8.14. The molecule has 0 saturated carbocycles. The van der Waals surface area contributed by atoms with E-state index in [0.29, 0.717) is 24.7 Å². The van der Waals surface area contributed by atoms with Gasteiger partial charge in [-0.15, -0.1) is 0 Å². The Kier molecular flexibility index (Phi) is 7.71. The van der Waals surface area contributed by atoms with Crippen LogP contribution in [0, 0.1) is 46.3 Å². The van der Waals surface area contributed by atoms with E-state index in [0.717, 1.165) is 0 Å². The van der Waals surface area contributed by atoms with Crippen LogP contribution < -0.4 is 0 Å². The van der Waals surface area contributed by atoms with Gasteiger partial charge in [0, 0.05) is 0 Å². The molecule has 0 amide bonds. The Labute approximate surface area is 117 Å². The van der Waals surface area contributed by atoms with Crippen molar-refractivity contribution in [1.29, 1.82) is 10.5 Å². The van der Waals surface area contributed by atoms with E-state index in [2.05, 4.69) is 12.1 Å². The Balaban J connectivity index is 4.62. The molecule has 0 fully saturated rings. The molecule has 0 aliphatic carbocycles. The van der Waals surface area contributed by atoms with E-state index in [1.54, 1.807) is 0 Å². The lowest BCUT2D eigenvalue weighted by Gasteiger charge is -2.15. The fraction of sp³-hybridized carbons (Fsp3) is 0.857. The summed E-state index contributed by atoms with van der Waals surface area (Å²) in [6.07, 6.45) is 1.16. The Morgan fingerprint density at radius 3 is 1.37 bits per heavy atom. The van der Waals surface area contributed by atoms with E-state index in [1.165, 1.54) is 0 Å². The number of rotatable bonds is 8. The Hall–Kier alpha value is -1.07. The minimum Gasteiger partial charge on any atom is -0.229 e. The normalized spacial score (nSPS) is 14.9. The van der Waals surface area contributed by atoms with E-state index < -0.39 is 21.7 Å². The molecule has 0 aromatic carbocycles. The minimum absolute atomic E-state index is 0.127. The average Bonchev–Trinajstić information content (AvgIpc) is 2.25. The molecule has 2 unspecified atom stereocenters. The molecule has 4 nitrogen and oxygen atoms in total. The average molecular weight is 284 g/mol. The van der Waals surface area contributed by atoms with Gasteiger partial charge in [-0.2, -0.15) is 10.5 Å². The van der Waals surface area contributed by atoms with Crippen LogP contribution in [0.15, 0.2) is 0 Å². The van der Waals surface area contributed by atoms with Crippen molar-refractivity contribution in [2.75, 3.05) is 11.5 Å². The molecule has 0 saturated heterocycles. The minimum atomic E-state index is -3.34. The van der Waals surface area contributed by atoms with Gasteiger partial charge in [0.15, 0.2) is 9.84 Å². The zero-order valence-electron chi connectivity index (χ0n) is 12.3. The molecule has 0 radical (unpaired) electrons. The maximum absolute atomic E-state index is 12.0.